The van der Waals surface area contributed by atoms with Crippen LogP contribution in [0.25, 0.3) is 22.4 Å². The molecule has 4 rings (SSSR count). The molecule has 0 bridgehead atoms. The molecule has 2 aromatic heterocycles. The molecule has 9 heteroatoms. The number of rotatable bonds is 6. The fourth-order valence-corrected chi connectivity index (χ4v) is 3.03. The summed E-state index contributed by atoms with van der Waals surface area (Å²) in [4.78, 5) is 28.3. The van der Waals surface area contributed by atoms with Crippen LogP contribution in [-0.4, -0.2) is 28.6 Å². The fraction of sp³-hybridized carbons (Fsp3) is 0.0909. The lowest BCUT2D eigenvalue weighted by molar-refractivity contribution is -0.119. The van der Waals surface area contributed by atoms with E-state index in [0.29, 0.717) is 39.3 Å². The highest BCUT2D eigenvalue weighted by Crippen LogP contribution is 2.28. The number of carbonyl (C=O) groups excluding carboxylic acids is 2. The van der Waals surface area contributed by atoms with Gasteiger partial charge in [0.05, 0.1) is 22.3 Å². The third kappa shape index (κ3) is 4.35. The van der Waals surface area contributed by atoms with Gasteiger partial charge in [0, 0.05) is 11.3 Å². The normalized spacial score (nSPS) is 10.8. The minimum atomic E-state index is -0.583. The molecule has 0 unspecified atom stereocenters. The van der Waals surface area contributed by atoms with Gasteiger partial charge in [0.25, 0.3) is 17.5 Å². The largest absolute Gasteiger partial charge is 0.484 e. The maximum Gasteiger partial charge on any atom is 0.259 e. The average Bonchev–Trinajstić information content (AvgIpc) is 3.14. The molecule has 0 fully saturated rings. The zero-order valence-electron chi connectivity index (χ0n) is 16.4. The summed E-state index contributed by atoms with van der Waals surface area (Å²) in [5.74, 6) is -0.911. The maximum absolute atomic E-state index is 13.3. The molecular formula is C22H17FN4O4. The van der Waals surface area contributed by atoms with Gasteiger partial charge in [-0.05, 0) is 61.5 Å². The molecule has 0 aliphatic carbocycles. The highest BCUT2D eigenvalue weighted by atomic mass is 19.1. The van der Waals surface area contributed by atoms with Crippen LogP contribution < -0.4 is 15.8 Å². The third-order valence-corrected chi connectivity index (χ3v) is 4.49. The molecule has 0 atom stereocenters. The van der Waals surface area contributed by atoms with Crippen molar-refractivity contribution in [1.82, 2.24) is 10.1 Å². The number of fused-ring (bicyclic) bond motifs is 1. The molecule has 0 aliphatic heterocycles. The Hall–Kier alpha value is -4.27. The summed E-state index contributed by atoms with van der Waals surface area (Å²) in [6.07, 6.45) is 0. The van der Waals surface area contributed by atoms with Crippen LogP contribution in [0.5, 0.6) is 5.75 Å². The van der Waals surface area contributed by atoms with Crippen molar-refractivity contribution in [1.29, 1.82) is 0 Å². The first-order chi connectivity index (χ1) is 14.9. The monoisotopic (exact) mass is 420 g/mol. The molecule has 2 aromatic carbocycles. The lowest BCUT2D eigenvalue weighted by Crippen LogP contribution is -2.20. The van der Waals surface area contributed by atoms with E-state index in [1.807, 2.05) is 0 Å². The van der Waals surface area contributed by atoms with Crippen LogP contribution in [0, 0.1) is 12.7 Å². The summed E-state index contributed by atoms with van der Waals surface area (Å²) in [5, 5.41) is 7.20. The average molecular weight is 420 g/mol. The number of primary amides is 1. The number of aromatic nitrogens is 2. The molecule has 0 saturated carbocycles. The molecule has 31 heavy (non-hydrogen) atoms. The summed E-state index contributed by atoms with van der Waals surface area (Å²) >= 11 is 0. The van der Waals surface area contributed by atoms with Crippen LogP contribution in [0.3, 0.4) is 0 Å². The van der Waals surface area contributed by atoms with Crippen molar-refractivity contribution >= 4 is 28.6 Å². The van der Waals surface area contributed by atoms with Crippen LogP contribution in [0.2, 0.25) is 0 Å². The van der Waals surface area contributed by atoms with Gasteiger partial charge in [-0.1, -0.05) is 5.16 Å². The molecule has 4 aromatic rings. The quantitative estimate of drug-likeness (QED) is 0.493. The smallest absolute Gasteiger partial charge is 0.259 e. The Labute approximate surface area is 175 Å². The fourth-order valence-electron chi connectivity index (χ4n) is 3.03. The Bertz CT molecular complexity index is 1270. The zero-order chi connectivity index (χ0) is 22.0. The Morgan fingerprint density at radius 3 is 2.52 bits per heavy atom. The zero-order valence-corrected chi connectivity index (χ0v) is 16.4. The number of aryl methyl sites for hydroxylation is 1. The number of halogens is 1. The minimum absolute atomic E-state index is 0.208. The molecule has 156 valence electrons. The number of pyridine rings is 1. The molecule has 8 nitrogen and oxygen atoms in total. The van der Waals surface area contributed by atoms with Gasteiger partial charge in [0.1, 0.15) is 11.6 Å². The number of ether oxygens (including phenoxy) is 1. The number of amides is 2. The molecule has 2 amide bonds. The van der Waals surface area contributed by atoms with E-state index in [4.69, 9.17) is 15.0 Å². The van der Waals surface area contributed by atoms with E-state index in [2.05, 4.69) is 15.5 Å². The number of anilines is 1. The van der Waals surface area contributed by atoms with E-state index in [9.17, 15) is 14.0 Å². The van der Waals surface area contributed by atoms with Gasteiger partial charge >= 0.3 is 0 Å². The van der Waals surface area contributed by atoms with Crippen molar-refractivity contribution in [3.8, 4) is 17.0 Å². The number of hydrogen-bond acceptors (Lipinski definition) is 6. The number of carbonyl (C=O) groups is 2. The highest BCUT2D eigenvalue weighted by Gasteiger charge is 2.19. The van der Waals surface area contributed by atoms with Crippen molar-refractivity contribution in [3.63, 3.8) is 0 Å². The molecular weight excluding hydrogens is 403 g/mol. The van der Waals surface area contributed by atoms with E-state index in [1.54, 1.807) is 49.4 Å². The van der Waals surface area contributed by atoms with Crippen molar-refractivity contribution in [2.45, 2.75) is 6.92 Å². The van der Waals surface area contributed by atoms with Crippen molar-refractivity contribution in [3.05, 3.63) is 71.7 Å². The van der Waals surface area contributed by atoms with E-state index in [1.165, 1.54) is 12.1 Å². The summed E-state index contributed by atoms with van der Waals surface area (Å²) in [5.41, 5.74) is 7.69. The first kappa shape index (κ1) is 20.0. The Morgan fingerprint density at radius 2 is 1.84 bits per heavy atom. The topological polar surface area (TPSA) is 120 Å². The number of hydrogen-bond donors (Lipinski definition) is 2. The third-order valence-electron chi connectivity index (χ3n) is 4.49. The summed E-state index contributed by atoms with van der Waals surface area (Å²) in [6.45, 7) is 1.48. The number of benzene rings is 2. The van der Waals surface area contributed by atoms with Crippen LogP contribution in [-0.2, 0) is 4.79 Å². The van der Waals surface area contributed by atoms with Gasteiger partial charge in [-0.15, -0.1) is 0 Å². The van der Waals surface area contributed by atoms with Crippen LogP contribution >= 0.6 is 0 Å². The standard InChI is InChI=1S/C22H17FN4O4/c1-12-20-17(21(29)25-15-6-8-16(9-7-15)30-11-19(24)28)10-18(26-22(20)31-27-12)13-2-4-14(23)5-3-13/h2-10H,11H2,1H3,(H2,24,28)(H,25,29). The van der Waals surface area contributed by atoms with Crippen molar-refractivity contribution < 1.29 is 23.2 Å². The summed E-state index contributed by atoms with van der Waals surface area (Å²) < 4.78 is 23.8. The number of nitrogens with zero attached hydrogens (tertiary/aromatic N) is 2. The SMILES string of the molecule is Cc1noc2nc(-c3ccc(F)cc3)cc(C(=O)Nc3ccc(OCC(N)=O)cc3)c12. The minimum Gasteiger partial charge on any atom is -0.484 e. The van der Waals surface area contributed by atoms with Crippen LogP contribution in [0.15, 0.2) is 59.1 Å². The second kappa shape index (κ2) is 8.23. The van der Waals surface area contributed by atoms with E-state index < -0.39 is 11.8 Å². The lowest BCUT2D eigenvalue weighted by Gasteiger charge is -2.09. The Kier molecular flexibility index (Phi) is 5.31. The Balaban J connectivity index is 1.64. The Morgan fingerprint density at radius 1 is 1.13 bits per heavy atom. The maximum atomic E-state index is 13.3. The second-order valence-corrected chi connectivity index (χ2v) is 6.74. The first-order valence-corrected chi connectivity index (χ1v) is 9.26. The van der Waals surface area contributed by atoms with E-state index in [-0.39, 0.29) is 18.1 Å². The van der Waals surface area contributed by atoms with Gasteiger partial charge in [-0.25, -0.2) is 9.37 Å². The summed E-state index contributed by atoms with van der Waals surface area (Å²) in [6, 6.07) is 13.9. The number of nitrogens with two attached hydrogens (primary N) is 1. The molecule has 0 saturated heterocycles. The molecule has 0 spiro atoms. The van der Waals surface area contributed by atoms with Crippen LogP contribution in [0.1, 0.15) is 16.1 Å². The first-order valence-electron chi connectivity index (χ1n) is 9.26. The van der Waals surface area contributed by atoms with Gasteiger partial charge in [-0.3, -0.25) is 9.59 Å². The van der Waals surface area contributed by atoms with Crippen molar-refractivity contribution in [2.24, 2.45) is 5.73 Å². The number of nitrogens with one attached hydrogen (secondary N) is 1. The van der Waals surface area contributed by atoms with Gasteiger partial charge in [0.2, 0.25) is 0 Å². The molecule has 2 heterocycles. The van der Waals surface area contributed by atoms with E-state index >= 15 is 0 Å². The van der Waals surface area contributed by atoms with E-state index in [0.717, 1.165) is 0 Å². The predicted molar refractivity (Wildman–Crippen MR) is 111 cm³/mol. The second-order valence-electron chi connectivity index (χ2n) is 6.74. The van der Waals surface area contributed by atoms with Gasteiger partial charge in [0.15, 0.2) is 6.61 Å². The lowest BCUT2D eigenvalue weighted by atomic mass is 10.0. The van der Waals surface area contributed by atoms with Crippen molar-refractivity contribution in [2.75, 3.05) is 11.9 Å². The van der Waals surface area contributed by atoms with Gasteiger partial charge < -0.3 is 20.3 Å². The van der Waals surface area contributed by atoms with Gasteiger partial charge in [-0.2, -0.15) is 0 Å². The summed E-state index contributed by atoms with van der Waals surface area (Å²) in [7, 11) is 0. The van der Waals surface area contributed by atoms with Crippen LogP contribution in [0.4, 0.5) is 10.1 Å². The molecule has 0 radical (unpaired) electrons. The molecule has 0 aliphatic rings. The predicted octanol–water partition coefficient (Wildman–Crippen LogP) is 3.45. The highest BCUT2D eigenvalue weighted by molar-refractivity contribution is 6.13. The molecule has 3 N–H and O–H groups in total.